The summed E-state index contributed by atoms with van der Waals surface area (Å²) in [5.74, 6) is 0.0541. The van der Waals surface area contributed by atoms with E-state index in [1.807, 2.05) is 48.5 Å². The lowest BCUT2D eigenvalue weighted by Crippen LogP contribution is -2.45. The topological polar surface area (TPSA) is 29.1 Å². The van der Waals surface area contributed by atoms with Crippen LogP contribution in [0.3, 0.4) is 0 Å². The Morgan fingerprint density at radius 1 is 0.731 bits per heavy atom. The van der Waals surface area contributed by atoms with Crippen LogP contribution >= 0.6 is 0 Å². The number of hydrogen-bond donors (Lipinski definition) is 1. The quantitative estimate of drug-likeness (QED) is 0.668. The summed E-state index contributed by atoms with van der Waals surface area (Å²) in [5.41, 5.74) is 4.33. The van der Waals surface area contributed by atoms with Crippen LogP contribution < -0.4 is 5.32 Å². The van der Waals surface area contributed by atoms with Crippen LogP contribution in [-0.2, 0) is 17.6 Å². The van der Waals surface area contributed by atoms with Crippen LogP contribution in [0.15, 0.2) is 84.9 Å². The van der Waals surface area contributed by atoms with E-state index in [1.54, 1.807) is 0 Å². The molecular weight excluding hydrogens is 318 g/mol. The molecule has 0 aromatic heterocycles. The molecule has 0 aliphatic carbocycles. The van der Waals surface area contributed by atoms with Gasteiger partial charge in [-0.2, -0.15) is 0 Å². The molecule has 132 valence electrons. The Hall–Kier alpha value is -2.87. The van der Waals surface area contributed by atoms with Crippen LogP contribution in [0.2, 0.25) is 0 Å². The molecule has 3 aromatic rings. The predicted octanol–water partition coefficient (Wildman–Crippen LogP) is 5.03. The van der Waals surface area contributed by atoms with E-state index in [-0.39, 0.29) is 11.4 Å². The molecule has 1 N–H and O–H groups in total. The SMILES string of the molecule is CC(C)(Cc1ccccc1)NC(=O)Cc1ccc(-c2ccccc2)cc1. The third-order valence-electron chi connectivity index (χ3n) is 4.39. The monoisotopic (exact) mass is 343 g/mol. The Morgan fingerprint density at radius 2 is 1.27 bits per heavy atom. The minimum atomic E-state index is -0.275. The maximum atomic E-state index is 12.5. The highest BCUT2D eigenvalue weighted by Crippen LogP contribution is 2.19. The van der Waals surface area contributed by atoms with Crippen LogP contribution in [0.4, 0.5) is 0 Å². The molecule has 2 heteroatoms. The molecule has 0 saturated heterocycles. The average molecular weight is 343 g/mol. The summed E-state index contributed by atoms with van der Waals surface area (Å²) in [7, 11) is 0. The van der Waals surface area contributed by atoms with Gasteiger partial charge < -0.3 is 5.32 Å². The van der Waals surface area contributed by atoms with Gasteiger partial charge in [0.25, 0.3) is 0 Å². The van der Waals surface area contributed by atoms with Gasteiger partial charge in [0.1, 0.15) is 0 Å². The molecule has 0 spiro atoms. The summed E-state index contributed by atoms with van der Waals surface area (Å²) in [6.45, 7) is 4.13. The molecule has 0 bridgehead atoms. The third-order valence-corrected chi connectivity index (χ3v) is 4.39. The molecule has 0 radical (unpaired) electrons. The second kappa shape index (κ2) is 8.01. The van der Waals surface area contributed by atoms with Gasteiger partial charge >= 0.3 is 0 Å². The van der Waals surface area contributed by atoms with E-state index in [0.29, 0.717) is 6.42 Å². The van der Waals surface area contributed by atoms with Crippen molar-refractivity contribution in [3.8, 4) is 11.1 Å². The number of hydrogen-bond acceptors (Lipinski definition) is 1. The first-order valence-corrected chi connectivity index (χ1v) is 9.01. The molecule has 0 unspecified atom stereocenters. The van der Waals surface area contributed by atoms with Crippen molar-refractivity contribution >= 4 is 5.91 Å². The minimum Gasteiger partial charge on any atom is -0.351 e. The molecule has 0 atom stereocenters. The molecular formula is C24H25NO. The molecule has 3 aromatic carbocycles. The summed E-state index contributed by atoms with van der Waals surface area (Å²) in [5, 5.41) is 3.16. The second-order valence-electron chi connectivity index (χ2n) is 7.33. The smallest absolute Gasteiger partial charge is 0.224 e. The zero-order chi connectivity index (χ0) is 18.4. The van der Waals surface area contributed by atoms with E-state index in [0.717, 1.165) is 12.0 Å². The highest BCUT2D eigenvalue weighted by molar-refractivity contribution is 5.79. The van der Waals surface area contributed by atoms with Gasteiger partial charge in [0.2, 0.25) is 5.91 Å². The first-order valence-electron chi connectivity index (χ1n) is 9.01. The zero-order valence-corrected chi connectivity index (χ0v) is 15.4. The van der Waals surface area contributed by atoms with Crippen LogP contribution in [0, 0.1) is 0 Å². The normalized spacial score (nSPS) is 11.2. The van der Waals surface area contributed by atoms with Crippen molar-refractivity contribution in [2.24, 2.45) is 0 Å². The highest BCUT2D eigenvalue weighted by Gasteiger charge is 2.20. The van der Waals surface area contributed by atoms with Crippen LogP contribution in [-0.4, -0.2) is 11.4 Å². The third kappa shape index (κ3) is 5.06. The van der Waals surface area contributed by atoms with E-state index >= 15 is 0 Å². The van der Waals surface area contributed by atoms with Gasteiger partial charge in [-0.3, -0.25) is 4.79 Å². The fourth-order valence-corrected chi connectivity index (χ4v) is 3.20. The number of benzene rings is 3. The van der Waals surface area contributed by atoms with Crippen molar-refractivity contribution < 1.29 is 4.79 Å². The van der Waals surface area contributed by atoms with Crippen molar-refractivity contribution in [3.63, 3.8) is 0 Å². The second-order valence-corrected chi connectivity index (χ2v) is 7.33. The maximum Gasteiger partial charge on any atom is 0.224 e. The van der Waals surface area contributed by atoms with Crippen molar-refractivity contribution in [3.05, 3.63) is 96.1 Å². The van der Waals surface area contributed by atoms with Gasteiger partial charge in [0.05, 0.1) is 6.42 Å². The van der Waals surface area contributed by atoms with Crippen LogP contribution in [0.1, 0.15) is 25.0 Å². The molecule has 0 fully saturated rings. The average Bonchev–Trinajstić information content (AvgIpc) is 2.63. The Morgan fingerprint density at radius 3 is 1.88 bits per heavy atom. The molecule has 0 aliphatic heterocycles. The van der Waals surface area contributed by atoms with Gasteiger partial charge in [-0.1, -0.05) is 84.9 Å². The van der Waals surface area contributed by atoms with Crippen molar-refractivity contribution in [2.45, 2.75) is 32.2 Å². The van der Waals surface area contributed by atoms with Gasteiger partial charge in [-0.15, -0.1) is 0 Å². The minimum absolute atomic E-state index is 0.0541. The number of amides is 1. The van der Waals surface area contributed by atoms with E-state index < -0.39 is 0 Å². The number of rotatable bonds is 6. The summed E-state index contributed by atoms with van der Waals surface area (Å²) in [4.78, 5) is 12.5. The van der Waals surface area contributed by atoms with Crippen LogP contribution in [0.25, 0.3) is 11.1 Å². The Balaban J connectivity index is 1.59. The molecule has 2 nitrogen and oxygen atoms in total. The maximum absolute atomic E-state index is 12.5. The molecule has 1 amide bonds. The molecule has 26 heavy (non-hydrogen) atoms. The Labute approximate surface area is 155 Å². The molecule has 0 saturated carbocycles. The van der Waals surface area contributed by atoms with Crippen LogP contribution in [0.5, 0.6) is 0 Å². The molecule has 3 rings (SSSR count). The van der Waals surface area contributed by atoms with Gasteiger partial charge in [0.15, 0.2) is 0 Å². The fraction of sp³-hybridized carbons (Fsp3) is 0.208. The largest absolute Gasteiger partial charge is 0.351 e. The Bertz CT molecular complexity index is 836. The van der Waals surface area contributed by atoms with Crippen molar-refractivity contribution in [1.29, 1.82) is 0 Å². The fourth-order valence-electron chi connectivity index (χ4n) is 3.20. The van der Waals surface area contributed by atoms with E-state index in [1.165, 1.54) is 16.7 Å². The van der Waals surface area contributed by atoms with Crippen molar-refractivity contribution in [1.82, 2.24) is 5.32 Å². The van der Waals surface area contributed by atoms with E-state index in [4.69, 9.17) is 0 Å². The van der Waals surface area contributed by atoms with Crippen molar-refractivity contribution in [2.75, 3.05) is 0 Å². The lowest BCUT2D eigenvalue weighted by Gasteiger charge is -2.26. The zero-order valence-electron chi connectivity index (χ0n) is 15.4. The highest BCUT2D eigenvalue weighted by atomic mass is 16.1. The lowest BCUT2D eigenvalue weighted by molar-refractivity contribution is -0.122. The summed E-state index contributed by atoms with van der Waals surface area (Å²) in [6, 6.07) is 28.7. The number of nitrogens with one attached hydrogen (secondary N) is 1. The number of carbonyl (C=O) groups is 1. The van der Waals surface area contributed by atoms with E-state index in [9.17, 15) is 4.79 Å². The standard InChI is InChI=1S/C24H25NO/c1-24(2,18-20-9-5-3-6-10-20)25-23(26)17-19-13-15-22(16-14-19)21-11-7-4-8-12-21/h3-16H,17-18H2,1-2H3,(H,25,26). The first-order chi connectivity index (χ1) is 12.5. The molecule has 0 heterocycles. The lowest BCUT2D eigenvalue weighted by atomic mass is 9.94. The summed E-state index contributed by atoms with van der Waals surface area (Å²) >= 11 is 0. The van der Waals surface area contributed by atoms with Gasteiger partial charge in [-0.25, -0.2) is 0 Å². The first kappa shape index (κ1) is 17.9. The molecule has 0 aliphatic rings. The number of carbonyl (C=O) groups excluding carboxylic acids is 1. The Kier molecular flexibility index (Phi) is 5.52. The van der Waals surface area contributed by atoms with E-state index in [2.05, 4.69) is 55.6 Å². The predicted molar refractivity (Wildman–Crippen MR) is 108 cm³/mol. The summed E-state index contributed by atoms with van der Waals surface area (Å²) in [6.07, 6.45) is 1.21. The summed E-state index contributed by atoms with van der Waals surface area (Å²) < 4.78 is 0. The van der Waals surface area contributed by atoms with Gasteiger partial charge in [-0.05, 0) is 42.5 Å². The van der Waals surface area contributed by atoms with Gasteiger partial charge in [0, 0.05) is 5.54 Å².